The summed E-state index contributed by atoms with van der Waals surface area (Å²) in [7, 11) is 0. The summed E-state index contributed by atoms with van der Waals surface area (Å²) in [6, 6.07) is 8.92. The highest BCUT2D eigenvalue weighted by molar-refractivity contribution is 6.32. The lowest BCUT2D eigenvalue weighted by Crippen LogP contribution is -2.20. The molecule has 0 heterocycles. The Kier molecular flexibility index (Phi) is 4.65. The van der Waals surface area contributed by atoms with Crippen molar-refractivity contribution in [2.75, 3.05) is 17.7 Å². The SMILES string of the molecule is Cc1ccc(NC(=O)COc2ccc(F)cc2Cl)cc1N. The van der Waals surface area contributed by atoms with Gasteiger partial charge < -0.3 is 15.8 Å². The first-order chi connectivity index (χ1) is 9.95. The van der Waals surface area contributed by atoms with E-state index in [9.17, 15) is 9.18 Å². The second-order valence-electron chi connectivity index (χ2n) is 4.48. The fraction of sp³-hybridized carbons (Fsp3) is 0.133. The molecule has 0 atom stereocenters. The maximum Gasteiger partial charge on any atom is 0.262 e. The molecule has 0 spiro atoms. The van der Waals surface area contributed by atoms with Crippen LogP contribution in [0, 0.1) is 12.7 Å². The number of carbonyl (C=O) groups is 1. The number of nitrogens with two attached hydrogens (primary N) is 1. The van der Waals surface area contributed by atoms with Gasteiger partial charge in [-0.25, -0.2) is 4.39 Å². The van der Waals surface area contributed by atoms with Crippen molar-refractivity contribution in [1.29, 1.82) is 0 Å². The third-order valence-electron chi connectivity index (χ3n) is 2.82. The second-order valence-corrected chi connectivity index (χ2v) is 4.89. The van der Waals surface area contributed by atoms with Gasteiger partial charge in [-0.2, -0.15) is 0 Å². The van der Waals surface area contributed by atoms with Gasteiger partial charge in [-0.15, -0.1) is 0 Å². The average molecular weight is 309 g/mol. The van der Waals surface area contributed by atoms with Gasteiger partial charge in [0.15, 0.2) is 6.61 Å². The van der Waals surface area contributed by atoms with E-state index in [1.54, 1.807) is 12.1 Å². The van der Waals surface area contributed by atoms with Gasteiger partial charge in [-0.3, -0.25) is 4.79 Å². The molecule has 0 fully saturated rings. The summed E-state index contributed by atoms with van der Waals surface area (Å²) in [4.78, 5) is 11.8. The van der Waals surface area contributed by atoms with Crippen LogP contribution >= 0.6 is 11.6 Å². The third-order valence-corrected chi connectivity index (χ3v) is 3.11. The van der Waals surface area contributed by atoms with E-state index in [0.29, 0.717) is 11.4 Å². The van der Waals surface area contributed by atoms with Crippen molar-refractivity contribution in [2.45, 2.75) is 6.92 Å². The fourth-order valence-electron chi connectivity index (χ4n) is 1.65. The molecule has 0 aliphatic rings. The molecule has 0 unspecified atom stereocenters. The highest BCUT2D eigenvalue weighted by Gasteiger charge is 2.08. The molecule has 0 saturated carbocycles. The van der Waals surface area contributed by atoms with Crippen molar-refractivity contribution in [1.82, 2.24) is 0 Å². The Balaban J connectivity index is 1.94. The van der Waals surface area contributed by atoms with E-state index in [0.717, 1.165) is 11.6 Å². The first kappa shape index (κ1) is 15.1. The number of nitrogen functional groups attached to an aromatic ring is 1. The zero-order valence-electron chi connectivity index (χ0n) is 11.3. The van der Waals surface area contributed by atoms with Crippen LogP contribution < -0.4 is 15.8 Å². The molecule has 0 bridgehead atoms. The molecule has 2 rings (SSSR count). The lowest BCUT2D eigenvalue weighted by Gasteiger charge is -2.10. The molecule has 21 heavy (non-hydrogen) atoms. The molecule has 110 valence electrons. The van der Waals surface area contributed by atoms with Gasteiger partial charge in [-0.05, 0) is 42.8 Å². The smallest absolute Gasteiger partial charge is 0.262 e. The maximum absolute atomic E-state index is 12.9. The Morgan fingerprint density at radius 1 is 1.33 bits per heavy atom. The van der Waals surface area contributed by atoms with Crippen molar-refractivity contribution in [3.05, 3.63) is 52.8 Å². The summed E-state index contributed by atoms with van der Waals surface area (Å²) < 4.78 is 18.1. The Hall–Kier alpha value is -2.27. The molecule has 0 aromatic heterocycles. The van der Waals surface area contributed by atoms with Crippen LogP contribution in [-0.4, -0.2) is 12.5 Å². The maximum atomic E-state index is 12.9. The molecule has 3 N–H and O–H groups in total. The number of anilines is 2. The number of hydrogen-bond donors (Lipinski definition) is 2. The minimum absolute atomic E-state index is 0.113. The lowest BCUT2D eigenvalue weighted by atomic mass is 10.2. The van der Waals surface area contributed by atoms with Crippen LogP contribution in [0.2, 0.25) is 5.02 Å². The van der Waals surface area contributed by atoms with Gasteiger partial charge in [0.2, 0.25) is 0 Å². The molecule has 0 aliphatic heterocycles. The Labute approximate surface area is 126 Å². The number of aryl methyl sites for hydroxylation is 1. The Bertz CT molecular complexity index is 677. The molecular weight excluding hydrogens is 295 g/mol. The predicted molar refractivity (Wildman–Crippen MR) is 81.1 cm³/mol. The fourth-order valence-corrected chi connectivity index (χ4v) is 1.87. The predicted octanol–water partition coefficient (Wildman–Crippen LogP) is 3.39. The first-order valence-electron chi connectivity index (χ1n) is 6.19. The van der Waals surface area contributed by atoms with Crippen LogP contribution in [0.25, 0.3) is 0 Å². The third kappa shape index (κ3) is 4.10. The normalized spacial score (nSPS) is 10.2. The van der Waals surface area contributed by atoms with Gasteiger partial charge in [0.05, 0.1) is 5.02 Å². The van der Waals surface area contributed by atoms with Crippen molar-refractivity contribution >= 4 is 28.9 Å². The summed E-state index contributed by atoms with van der Waals surface area (Å²) in [5, 5.41) is 2.76. The number of ether oxygens (including phenoxy) is 1. The van der Waals surface area contributed by atoms with Crippen LogP contribution in [0.3, 0.4) is 0 Å². The molecule has 2 aromatic carbocycles. The second kappa shape index (κ2) is 6.45. The van der Waals surface area contributed by atoms with E-state index >= 15 is 0 Å². The summed E-state index contributed by atoms with van der Waals surface area (Å²) in [5.41, 5.74) is 7.87. The molecule has 0 radical (unpaired) electrons. The minimum atomic E-state index is -0.466. The lowest BCUT2D eigenvalue weighted by molar-refractivity contribution is -0.118. The minimum Gasteiger partial charge on any atom is -0.482 e. The van der Waals surface area contributed by atoms with Crippen molar-refractivity contribution in [3.8, 4) is 5.75 Å². The van der Waals surface area contributed by atoms with Crippen molar-refractivity contribution in [2.24, 2.45) is 0 Å². The molecule has 0 saturated heterocycles. The number of rotatable bonds is 4. The van der Waals surface area contributed by atoms with Gasteiger partial charge in [0.25, 0.3) is 5.91 Å². The van der Waals surface area contributed by atoms with Crippen LogP contribution in [0.1, 0.15) is 5.56 Å². The number of benzene rings is 2. The summed E-state index contributed by atoms with van der Waals surface area (Å²) in [6.07, 6.45) is 0. The summed E-state index contributed by atoms with van der Waals surface area (Å²) >= 11 is 5.80. The van der Waals surface area contributed by atoms with Gasteiger partial charge in [0, 0.05) is 11.4 Å². The van der Waals surface area contributed by atoms with Crippen LogP contribution in [0.5, 0.6) is 5.75 Å². The van der Waals surface area contributed by atoms with Crippen molar-refractivity contribution in [3.63, 3.8) is 0 Å². The largest absolute Gasteiger partial charge is 0.482 e. The van der Waals surface area contributed by atoms with E-state index < -0.39 is 5.82 Å². The van der Waals surface area contributed by atoms with Gasteiger partial charge >= 0.3 is 0 Å². The Morgan fingerprint density at radius 2 is 2.10 bits per heavy atom. The number of halogens is 2. The first-order valence-corrected chi connectivity index (χ1v) is 6.57. The molecular formula is C15H14ClFN2O2. The summed E-state index contributed by atoms with van der Waals surface area (Å²) in [6.45, 7) is 1.64. The van der Waals surface area contributed by atoms with Crippen LogP contribution in [-0.2, 0) is 4.79 Å². The highest BCUT2D eigenvalue weighted by atomic mass is 35.5. The standard InChI is InChI=1S/C15H14ClFN2O2/c1-9-2-4-11(7-13(9)18)19-15(20)8-21-14-5-3-10(17)6-12(14)16/h2-7H,8,18H2,1H3,(H,19,20). The van der Waals surface area contributed by atoms with E-state index in [1.807, 2.05) is 13.0 Å². The van der Waals surface area contributed by atoms with Gasteiger partial charge in [-0.1, -0.05) is 17.7 Å². The van der Waals surface area contributed by atoms with E-state index in [4.69, 9.17) is 22.1 Å². The monoisotopic (exact) mass is 308 g/mol. The molecule has 6 heteroatoms. The van der Waals surface area contributed by atoms with Crippen LogP contribution in [0.4, 0.5) is 15.8 Å². The number of amides is 1. The zero-order valence-corrected chi connectivity index (χ0v) is 12.1. The molecule has 1 amide bonds. The van der Waals surface area contributed by atoms with Crippen LogP contribution in [0.15, 0.2) is 36.4 Å². The highest BCUT2D eigenvalue weighted by Crippen LogP contribution is 2.24. The molecule has 4 nitrogen and oxygen atoms in total. The number of carbonyl (C=O) groups excluding carboxylic acids is 1. The number of nitrogens with one attached hydrogen (secondary N) is 1. The number of hydrogen-bond acceptors (Lipinski definition) is 3. The van der Waals surface area contributed by atoms with Gasteiger partial charge in [0.1, 0.15) is 11.6 Å². The topological polar surface area (TPSA) is 64.3 Å². The van der Waals surface area contributed by atoms with Crippen molar-refractivity contribution < 1.29 is 13.9 Å². The quantitative estimate of drug-likeness (QED) is 0.851. The van der Waals surface area contributed by atoms with E-state index in [2.05, 4.69) is 5.32 Å². The van der Waals surface area contributed by atoms with E-state index in [-0.39, 0.29) is 23.3 Å². The molecule has 2 aromatic rings. The Morgan fingerprint density at radius 3 is 2.76 bits per heavy atom. The summed E-state index contributed by atoms with van der Waals surface area (Å²) in [5.74, 6) is -0.581. The van der Waals surface area contributed by atoms with E-state index in [1.165, 1.54) is 12.1 Å². The average Bonchev–Trinajstić information content (AvgIpc) is 2.42. The molecule has 0 aliphatic carbocycles. The zero-order chi connectivity index (χ0) is 15.4.